The van der Waals surface area contributed by atoms with Gasteiger partial charge in [0.2, 0.25) is 11.7 Å². The lowest BCUT2D eigenvalue weighted by atomic mass is 10.1. The molecule has 0 spiro atoms. The van der Waals surface area contributed by atoms with Gasteiger partial charge in [0.1, 0.15) is 6.10 Å². The Kier molecular flexibility index (Phi) is 6.47. The van der Waals surface area contributed by atoms with Crippen LogP contribution in [0.4, 0.5) is 0 Å². The molecule has 11 nitrogen and oxygen atoms in total. The van der Waals surface area contributed by atoms with Gasteiger partial charge in [0.05, 0.1) is 26.3 Å². The second-order valence-corrected chi connectivity index (χ2v) is 6.67. The number of methoxy groups -OCH3 is 1. The lowest BCUT2D eigenvalue weighted by Gasteiger charge is -2.31. The molecular formula is C17H25N7O4. The van der Waals surface area contributed by atoms with Crippen molar-refractivity contribution < 1.29 is 14.3 Å². The Bertz CT molecular complexity index is 852. The quantitative estimate of drug-likeness (QED) is 0.672. The predicted molar refractivity (Wildman–Crippen MR) is 97.6 cm³/mol. The van der Waals surface area contributed by atoms with Crippen LogP contribution in [0, 0.1) is 13.8 Å². The first kappa shape index (κ1) is 20.1. The number of aromatic amines is 1. The number of tetrazole rings is 1. The summed E-state index contributed by atoms with van der Waals surface area (Å²) in [5.74, 6) is 0.482. The van der Waals surface area contributed by atoms with Crippen molar-refractivity contribution in [2.45, 2.75) is 39.3 Å². The summed E-state index contributed by atoms with van der Waals surface area (Å²) in [4.78, 5) is 33.9. The van der Waals surface area contributed by atoms with Crippen LogP contribution in [0.1, 0.15) is 35.3 Å². The maximum Gasteiger partial charge on any atom is 0.345 e. The highest BCUT2D eigenvalue weighted by atomic mass is 16.5. The van der Waals surface area contributed by atoms with E-state index in [0.29, 0.717) is 57.2 Å². The minimum absolute atomic E-state index is 0.0186. The molecule has 3 rings (SSSR count). The van der Waals surface area contributed by atoms with Crippen LogP contribution in [-0.2, 0) is 27.2 Å². The number of morpholine rings is 1. The van der Waals surface area contributed by atoms with E-state index in [9.17, 15) is 9.59 Å². The first-order chi connectivity index (χ1) is 13.5. The first-order valence-corrected chi connectivity index (χ1v) is 9.20. The average Bonchev–Trinajstić information content (AvgIpc) is 3.14. The van der Waals surface area contributed by atoms with Gasteiger partial charge in [-0.2, -0.15) is 9.78 Å². The number of carbonyl (C=O) groups is 1. The molecule has 1 aliphatic rings. The largest absolute Gasteiger partial charge is 0.383 e. The Morgan fingerprint density at radius 3 is 2.96 bits per heavy atom. The SMILES string of the molecule is COCCn1nnc(C2CN(C(=O)CCc3c(C)nc(=O)[nH]c3C)CCO2)n1. The zero-order chi connectivity index (χ0) is 20.1. The van der Waals surface area contributed by atoms with E-state index < -0.39 is 6.10 Å². The lowest BCUT2D eigenvalue weighted by Crippen LogP contribution is -2.42. The standard InChI is InChI=1S/C17H25N7O4/c1-11-13(12(2)19-17(26)18-11)4-5-15(25)23-6-9-28-14(10-23)16-20-22-24(21-16)7-8-27-3/h14H,4-10H2,1-3H3,(H,18,19,26). The molecule has 0 aliphatic carbocycles. The van der Waals surface area contributed by atoms with Crippen LogP contribution in [0.25, 0.3) is 0 Å². The predicted octanol–water partition coefficient (Wildman–Crippen LogP) is -0.448. The molecule has 1 atom stereocenters. The molecular weight excluding hydrogens is 366 g/mol. The van der Waals surface area contributed by atoms with E-state index >= 15 is 0 Å². The van der Waals surface area contributed by atoms with Crippen molar-refractivity contribution >= 4 is 5.91 Å². The fraction of sp³-hybridized carbons (Fsp3) is 0.647. The zero-order valence-electron chi connectivity index (χ0n) is 16.3. The molecule has 1 saturated heterocycles. The topological polar surface area (TPSA) is 128 Å². The maximum absolute atomic E-state index is 12.7. The Morgan fingerprint density at radius 2 is 2.21 bits per heavy atom. The highest BCUT2D eigenvalue weighted by Crippen LogP contribution is 2.20. The highest BCUT2D eigenvalue weighted by Gasteiger charge is 2.28. The van der Waals surface area contributed by atoms with Crippen LogP contribution in [0.2, 0.25) is 0 Å². The summed E-state index contributed by atoms with van der Waals surface area (Å²) < 4.78 is 10.7. The van der Waals surface area contributed by atoms with Crippen LogP contribution >= 0.6 is 0 Å². The third-order valence-electron chi connectivity index (χ3n) is 4.71. The Hall–Kier alpha value is -2.66. The van der Waals surface area contributed by atoms with Gasteiger partial charge in [-0.3, -0.25) is 4.79 Å². The molecule has 0 aromatic carbocycles. The lowest BCUT2D eigenvalue weighted by molar-refractivity contribution is -0.139. The van der Waals surface area contributed by atoms with Crippen LogP contribution in [0.15, 0.2) is 4.79 Å². The van der Waals surface area contributed by atoms with Gasteiger partial charge in [-0.05, 0) is 31.0 Å². The summed E-state index contributed by atoms with van der Waals surface area (Å²) in [7, 11) is 1.61. The van der Waals surface area contributed by atoms with Gasteiger partial charge in [-0.25, -0.2) is 4.79 Å². The van der Waals surface area contributed by atoms with Gasteiger partial charge in [0.15, 0.2) is 0 Å². The van der Waals surface area contributed by atoms with Crippen molar-refractivity contribution in [3.63, 3.8) is 0 Å². The summed E-state index contributed by atoms with van der Waals surface area (Å²) in [6, 6.07) is 0. The van der Waals surface area contributed by atoms with Crippen molar-refractivity contribution in [2.75, 3.05) is 33.4 Å². The van der Waals surface area contributed by atoms with E-state index in [4.69, 9.17) is 9.47 Å². The van der Waals surface area contributed by atoms with E-state index in [1.165, 1.54) is 4.80 Å². The molecule has 0 bridgehead atoms. The van der Waals surface area contributed by atoms with Crippen molar-refractivity contribution in [1.29, 1.82) is 0 Å². The number of carbonyl (C=O) groups excluding carboxylic acids is 1. The molecule has 1 N–H and O–H groups in total. The fourth-order valence-corrected chi connectivity index (χ4v) is 3.20. The number of H-pyrrole nitrogens is 1. The number of amides is 1. The summed E-state index contributed by atoms with van der Waals surface area (Å²) in [5, 5.41) is 12.3. The number of aryl methyl sites for hydroxylation is 2. The third-order valence-corrected chi connectivity index (χ3v) is 4.71. The smallest absolute Gasteiger partial charge is 0.345 e. The van der Waals surface area contributed by atoms with Gasteiger partial charge in [0.25, 0.3) is 0 Å². The summed E-state index contributed by atoms with van der Waals surface area (Å²) in [6.07, 6.45) is 0.455. The van der Waals surface area contributed by atoms with E-state index in [0.717, 1.165) is 11.3 Å². The number of ether oxygens (including phenoxy) is 2. The second kappa shape index (κ2) is 9.02. The average molecular weight is 391 g/mol. The summed E-state index contributed by atoms with van der Waals surface area (Å²) >= 11 is 0. The van der Waals surface area contributed by atoms with Crippen molar-refractivity contribution in [3.8, 4) is 0 Å². The molecule has 152 valence electrons. The van der Waals surface area contributed by atoms with Gasteiger partial charge in [0, 0.05) is 31.5 Å². The van der Waals surface area contributed by atoms with Crippen LogP contribution in [0.5, 0.6) is 0 Å². The molecule has 1 fully saturated rings. The van der Waals surface area contributed by atoms with Gasteiger partial charge < -0.3 is 19.4 Å². The molecule has 2 aromatic heterocycles. The molecule has 1 aliphatic heterocycles. The number of aromatic nitrogens is 6. The van der Waals surface area contributed by atoms with Gasteiger partial charge >= 0.3 is 5.69 Å². The number of nitrogens with one attached hydrogen (secondary N) is 1. The van der Waals surface area contributed by atoms with Crippen molar-refractivity contribution in [3.05, 3.63) is 33.3 Å². The molecule has 0 saturated carbocycles. The normalized spacial score (nSPS) is 17.1. The van der Waals surface area contributed by atoms with Crippen LogP contribution in [-0.4, -0.2) is 74.4 Å². The van der Waals surface area contributed by atoms with E-state index in [1.807, 2.05) is 6.92 Å². The van der Waals surface area contributed by atoms with E-state index in [-0.39, 0.29) is 11.6 Å². The Morgan fingerprint density at radius 1 is 1.39 bits per heavy atom. The fourth-order valence-electron chi connectivity index (χ4n) is 3.20. The number of hydrogen-bond acceptors (Lipinski definition) is 8. The Balaban J connectivity index is 1.58. The molecule has 11 heteroatoms. The summed E-state index contributed by atoms with van der Waals surface area (Å²) in [5.41, 5.74) is 1.94. The number of hydrogen-bond donors (Lipinski definition) is 1. The van der Waals surface area contributed by atoms with Crippen molar-refractivity contribution in [2.24, 2.45) is 0 Å². The van der Waals surface area contributed by atoms with Gasteiger partial charge in [-0.15, -0.1) is 10.2 Å². The van der Waals surface area contributed by atoms with Crippen LogP contribution in [0.3, 0.4) is 0 Å². The van der Waals surface area contributed by atoms with Crippen molar-refractivity contribution in [1.82, 2.24) is 35.1 Å². The highest BCUT2D eigenvalue weighted by molar-refractivity contribution is 5.76. The van der Waals surface area contributed by atoms with E-state index in [2.05, 4.69) is 25.4 Å². The van der Waals surface area contributed by atoms with Crippen LogP contribution < -0.4 is 5.69 Å². The first-order valence-electron chi connectivity index (χ1n) is 9.20. The number of rotatable bonds is 7. The monoisotopic (exact) mass is 391 g/mol. The minimum atomic E-state index is -0.396. The third kappa shape index (κ3) is 4.78. The molecule has 1 amide bonds. The zero-order valence-corrected chi connectivity index (χ0v) is 16.3. The second-order valence-electron chi connectivity index (χ2n) is 6.67. The Labute approximate surface area is 162 Å². The number of nitrogens with zero attached hydrogens (tertiary/aromatic N) is 6. The maximum atomic E-state index is 12.7. The molecule has 28 heavy (non-hydrogen) atoms. The molecule has 0 radical (unpaired) electrons. The molecule has 3 heterocycles. The molecule has 1 unspecified atom stereocenters. The minimum Gasteiger partial charge on any atom is -0.383 e. The van der Waals surface area contributed by atoms with E-state index in [1.54, 1.807) is 18.9 Å². The summed E-state index contributed by atoms with van der Waals surface area (Å²) in [6.45, 7) is 5.92. The van der Waals surface area contributed by atoms with Gasteiger partial charge in [-0.1, -0.05) is 0 Å². The molecule has 2 aromatic rings.